The molecule has 5 heteroatoms. The number of methoxy groups -OCH3 is 1. The number of hydrazine groups is 1. The quantitative estimate of drug-likeness (QED) is 0.315. The second-order valence-corrected chi connectivity index (χ2v) is 4.71. The Morgan fingerprint density at radius 1 is 1.38 bits per heavy atom. The molecule has 0 atom stereocenters. The second-order valence-electron chi connectivity index (χ2n) is 4.71. The molecule has 0 amide bonds. The first-order valence-electron chi connectivity index (χ1n) is 6.11. The van der Waals surface area contributed by atoms with Crippen molar-refractivity contribution in [2.24, 2.45) is 16.8 Å². The van der Waals surface area contributed by atoms with Gasteiger partial charge in [-0.15, -0.1) is 0 Å². The summed E-state index contributed by atoms with van der Waals surface area (Å²) in [5, 5.41) is 0. The van der Waals surface area contributed by atoms with Crippen LogP contribution in [0.25, 0.3) is 0 Å². The van der Waals surface area contributed by atoms with E-state index in [2.05, 4.69) is 15.3 Å². The van der Waals surface area contributed by atoms with Gasteiger partial charge < -0.3 is 9.64 Å². The van der Waals surface area contributed by atoms with Crippen molar-refractivity contribution < 1.29 is 4.74 Å². The summed E-state index contributed by atoms with van der Waals surface area (Å²) in [7, 11) is 1.77. The van der Waals surface area contributed by atoms with Crippen LogP contribution in [0.3, 0.4) is 0 Å². The van der Waals surface area contributed by atoms with Gasteiger partial charge in [-0.2, -0.15) is 0 Å². The minimum Gasteiger partial charge on any atom is -0.384 e. The summed E-state index contributed by atoms with van der Waals surface area (Å²) in [5.41, 5.74) is 2.73. The Bertz CT molecular complexity index is 244. The molecule has 3 N–H and O–H groups in total. The van der Waals surface area contributed by atoms with E-state index in [0.29, 0.717) is 12.0 Å². The zero-order chi connectivity index (χ0) is 11.4. The average Bonchev–Trinajstić information content (AvgIpc) is 3.11. The molecule has 92 valence electrons. The van der Waals surface area contributed by atoms with Crippen molar-refractivity contribution in [1.82, 2.24) is 10.3 Å². The van der Waals surface area contributed by atoms with Gasteiger partial charge in [-0.25, -0.2) is 10.8 Å². The molecule has 0 spiro atoms. The summed E-state index contributed by atoms with van der Waals surface area (Å²) in [5.74, 6) is 7.09. The van der Waals surface area contributed by atoms with E-state index < -0.39 is 0 Å². The highest BCUT2D eigenvalue weighted by Gasteiger charge is 2.25. The highest BCUT2D eigenvalue weighted by atomic mass is 16.5. The van der Waals surface area contributed by atoms with Gasteiger partial charge in [0.05, 0.1) is 6.04 Å². The van der Waals surface area contributed by atoms with Gasteiger partial charge in [-0.05, 0) is 31.6 Å². The van der Waals surface area contributed by atoms with E-state index in [1.54, 1.807) is 7.11 Å². The van der Waals surface area contributed by atoms with Crippen LogP contribution in [0.5, 0.6) is 0 Å². The maximum absolute atomic E-state index is 5.53. The van der Waals surface area contributed by atoms with Crippen LogP contribution in [0, 0.1) is 5.92 Å². The van der Waals surface area contributed by atoms with E-state index >= 15 is 0 Å². The molecule has 5 nitrogen and oxygen atoms in total. The Hall–Kier alpha value is -0.810. The molecule has 1 heterocycles. The monoisotopic (exact) mass is 226 g/mol. The number of piperidine rings is 1. The number of hydrogen-bond donors (Lipinski definition) is 2. The summed E-state index contributed by atoms with van der Waals surface area (Å²) in [6.45, 7) is 2.94. The van der Waals surface area contributed by atoms with E-state index in [0.717, 1.165) is 25.7 Å². The van der Waals surface area contributed by atoms with Crippen molar-refractivity contribution >= 4 is 5.96 Å². The first-order chi connectivity index (χ1) is 7.83. The van der Waals surface area contributed by atoms with Gasteiger partial charge in [-0.3, -0.25) is 5.43 Å². The standard InChI is InChI=1S/C11H22N4O/c1-16-8-9-4-6-15(7-5-9)11(14-12)13-10-2-3-10/h9-10H,2-8,12H2,1H3,(H,13,14). The van der Waals surface area contributed by atoms with Crippen LogP contribution in [0.4, 0.5) is 0 Å². The van der Waals surface area contributed by atoms with Crippen molar-refractivity contribution in [3.63, 3.8) is 0 Å². The first kappa shape index (κ1) is 11.7. The molecule has 16 heavy (non-hydrogen) atoms. The zero-order valence-corrected chi connectivity index (χ0v) is 9.98. The predicted octanol–water partition coefficient (Wildman–Crippen LogP) is 0.327. The van der Waals surface area contributed by atoms with Crippen LogP contribution in [-0.2, 0) is 4.74 Å². The highest BCUT2D eigenvalue weighted by Crippen LogP contribution is 2.24. The number of rotatable bonds is 3. The maximum atomic E-state index is 5.53. The summed E-state index contributed by atoms with van der Waals surface area (Å²) < 4.78 is 5.19. The largest absolute Gasteiger partial charge is 0.384 e. The van der Waals surface area contributed by atoms with Gasteiger partial charge in [0.15, 0.2) is 0 Å². The number of ether oxygens (including phenoxy) is 1. The molecule has 1 aliphatic carbocycles. The molecule has 1 saturated carbocycles. The van der Waals surface area contributed by atoms with Crippen LogP contribution in [-0.4, -0.2) is 43.7 Å². The predicted molar refractivity (Wildman–Crippen MR) is 64.0 cm³/mol. The molecular formula is C11H22N4O. The van der Waals surface area contributed by atoms with Crippen molar-refractivity contribution in [3.05, 3.63) is 0 Å². The Balaban J connectivity index is 1.82. The number of aliphatic imine (C=N–C) groups is 1. The number of likely N-dealkylation sites (tertiary alicyclic amines) is 1. The van der Waals surface area contributed by atoms with E-state index in [4.69, 9.17) is 10.6 Å². The summed E-state index contributed by atoms with van der Waals surface area (Å²) >= 11 is 0. The molecule has 0 unspecified atom stereocenters. The molecule has 0 aromatic heterocycles. The molecule has 0 aromatic carbocycles. The lowest BCUT2D eigenvalue weighted by Gasteiger charge is -2.33. The summed E-state index contributed by atoms with van der Waals surface area (Å²) in [6, 6.07) is 0.516. The van der Waals surface area contributed by atoms with Gasteiger partial charge in [-0.1, -0.05) is 0 Å². The second kappa shape index (κ2) is 5.50. The molecule has 2 aliphatic rings. The highest BCUT2D eigenvalue weighted by molar-refractivity contribution is 5.79. The topological polar surface area (TPSA) is 62.9 Å². The maximum Gasteiger partial charge on any atom is 0.208 e. The van der Waals surface area contributed by atoms with Gasteiger partial charge in [0.1, 0.15) is 0 Å². The van der Waals surface area contributed by atoms with Crippen LogP contribution >= 0.6 is 0 Å². The van der Waals surface area contributed by atoms with E-state index in [9.17, 15) is 0 Å². The minimum atomic E-state index is 0.516. The van der Waals surface area contributed by atoms with Crippen LogP contribution in [0.2, 0.25) is 0 Å². The number of hydrogen-bond acceptors (Lipinski definition) is 3. The van der Waals surface area contributed by atoms with Crippen molar-refractivity contribution in [1.29, 1.82) is 0 Å². The summed E-state index contributed by atoms with van der Waals surface area (Å²) in [4.78, 5) is 6.83. The zero-order valence-electron chi connectivity index (χ0n) is 9.98. The van der Waals surface area contributed by atoms with Gasteiger partial charge in [0.2, 0.25) is 5.96 Å². The van der Waals surface area contributed by atoms with E-state index in [1.807, 2.05) is 0 Å². The van der Waals surface area contributed by atoms with E-state index in [-0.39, 0.29) is 0 Å². The number of nitrogens with two attached hydrogens (primary N) is 1. The SMILES string of the molecule is COCC1CCN(C(=NC2CC2)NN)CC1. The van der Waals surface area contributed by atoms with E-state index in [1.165, 1.54) is 25.7 Å². The Morgan fingerprint density at radius 2 is 2.06 bits per heavy atom. The minimum absolute atomic E-state index is 0.516. The molecule has 2 rings (SSSR count). The van der Waals surface area contributed by atoms with Gasteiger partial charge in [0.25, 0.3) is 0 Å². The van der Waals surface area contributed by atoms with Crippen molar-refractivity contribution in [3.8, 4) is 0 Å². The third kappa shape index (κ3) is 3.09. The van der Waals surface area contributed by atoms with Crippen molar-refractivity contribution in [2.45, 2.75) is 31.7 Å². The lowest BCUT2D eigenvalue weighted by atomic mass is 9.98. The molecule has 1 saturated heterocycles. The smallest absolute Gasteiger partial charge is 0.208 e. The normalized spacial score (nSPS) is 23.6. The summed E-state index contributed by atoms with van der Waals surface area (Å²) in [6.07, 6.45) is 4.76. The number of nitrogens with zero attached hydrogens (tertiary/aromatic N) is 2. The van der Waals surface area contributed by atoms with Crippen LogP contribution in [0.1, 0.15) is 25.7 Å². The molecule has 1 aliphatic heterocycles. The Morgan fingerprint density at radius 3 is 2.56 bits per heavy atom. The molecule has 0 bridgehead atoms. The fourth-order valence-electron chi connectivity index (χ4n) is 2.13. The lowest BCUT2D eigenvalue weighted by Crippen LogP contribution is -2.48. The molecule has 0 radical (unpaired) electrons. The van der Waals surface area contributed by atoms with Gasteiger partial charge >= 0.3 is 0 Å². The Labute approximate surface area is 97.0 Å². The average molecular weight is 226 g/mol. The fraction of sp³-hybridized carbons (Fsp3) is 0.909. The lowest BCUT2D eigenvalue weighted by molar-refractivity contribution is 0.118. The molecule has 0 aromatic rings. The van der Waals surface area contributed by atoms with Crippen LogP contribution in [0.15, 0.2) is 4.99 Å². The molecular weight excluding hydrogens is 204 g/mol. The number of guanidine groups is 1. The number of nitrogens with one attached hydrogen (secondary N) is 1. The fourth-order valence-corrected chi connectivity index (χ4v) is 2.13. The first-order valence-corrected chi connectivity index (χ1v) is 6.11. The van der Waals surface area contributed by atoms with Crippen LogP contribution < -0.4 is 11.3 Å². The third-order valence-corrected chi connectivity index (χ3v) is 3.30. The van der Waals surface area contributed by atoms with Crippen molar-refractivity contribution in [2.75, 3.05) is 26.8 Å². The third-order valence-electron chi connectivity index (χ3n) is 3.30. The molecule has 2 fully saturated rings. The van der Waals surface area contributed by atoms with Gasteiger partial charge in [0, 0.05) is 26.8 Å². The Kier molecular flexibility index (Phi) is 4.01.